The lowest BCUT2D eigenvalue weighted by molar-refractivity contribution is -0.133. The van der Waals surface area contributed by atoms with Gasteiger partial charge in [0.2, 0.25) is 5.91 Å². The first-order valence-electron chi connectivity index (χ1n) is 8.34. The van der Waals surface area contributed by atoms with Crippen molar-refractivity contribution in [3.8, 4) is 0 Å². The number of amides is 1. The lowest BCUT2D eigenvalue weighted by atomic mass is 10.2. The Morgan fingerprint density at radius 2 is 1.96 bits per heavy atom. The molecular formula is C18H20FN5O3. The highest BCUT2D eigenvalue weighted by Crippen LogP contribution is 2.16. The van der Waals surface area contributed by atoms with E-state index in [1.807, 2.05) is 0 Å². The van der Waals surface area contributed by atoms with Crippen molar-refractivity contribution >= 4 is 17.1 Å². The number of hydrogen-bond donors (Lipinski definition) is 0. The fourth-order valence-corrected chi connectivity index (χ4v) is 3.08. The van der Waals surface area contributed by atoms with E-state index >= 15 is 0 Å². The number of aromatic nitrogens is 4. The SMILES string of the molecule is C[C@H](C(=O)N(C)Cc1cccc(F)c1)n1cnc2c1c(=O)n(C)c(=O)n2C. The highest BCUT2D eigenvalue weighted by molar-refractivity contribution is 5.82. The van der Waals surface area contributed by atoms with Gasteiger partial charge in [-0.25, -0.2) is 14.2 Å². The van der Waals surface area contributed by atoms with Crippen LogP contribution < -0.4 is 11.2 Å². The maximum absolute atomic E-state index is 13.3. The molecule has 0 aliphatic heterocycles. The van der Waals surface area contributed by atoms with Crippen molar-refractivity contribution in [1.29, 1.82) is 0 Å². The first-order valence-corrected chi connectivity index (χ1v) is 8.34. The van der Waals surface area contributed by atoms with E-state index in [-0.39, 0.29) is 29.4 Å². The van der Waals surface area contributed by atoms with Gasteiger partial charge in [0, 0.05) is 27.7 Å². The maximum atomic E-state index is 13.3. The molecule has 2 aromatic heterocycles. The van der Waals surface area contributed by atoms with E-state index in [9.17, 15) is 18.8 Å². The Labute approximate surface area is 154 Å². The summed E-state index contributed by atoms with van der Waals surface area (Å²) in [7, 11) is 4.50. The molecular weight excluding hydrogens is 353 g/mol. The molecule has 8 nitrogen and oxygen atoms in total. The molecule has 27 heavy (non-hydrogen) atoms. The Balaban J connectivity index is 1.96. The number of fused-ring (bicyclic) bond motifs is 1. The van der Waals surface area contributed by atoms with Crippen molar-refractivity contribution < 1.29 is 9.18 Å². The quantitative estimate of drug-likeness (QED) is 0.677. The van der Waals surface area contributed by atoms with Crippen LogP contribution in [0.1, 0.15) is 18.5 Å². The van der Waals surface area contributed by atoms with Gasteiger partial charge in [0.25, 0.3) is 5.56 Å². The number of imidazole rings is 1. The fraction of sp³-hybridized carbons (Fsp3) is 0.333. The van der Waals surface area contributed by atoms with Gasteiger partial charge in [0.1, 0.15) is 11.9 Å². The van der Waals surface area contributed by atoms with Crippen molar-refractivity contribution in [2.24, 2.45) is 14.1 Å². The minimum absolute atomic E-state index is 0.180. The second kappa shape index (κ2) is 6.82. The number of likely N-dealkylation sites (N-methyl/N-ethyl adjacent to an activating group) is 1. The molecule has 0 fully saturated rings. The van der Waals surface area contributed by atoms with Crippen LogP contribution in [0.2, 0.25) is 0 Å². The Kier molecular flexibility index (Phi) is 4.69. The van der Waals surface area contributed by atoms with E-state index in [0.29, 0.717) is 5.56 Å². The Bertz CT molecular complexity index is 1140. The number of benzene rings is 1. The molecule has 142 valence electrons. The van der Waals surface area contributed by atoms with Gasteiger partial charge in [-0.15, -0.1) is 0 Å². The molecule has 0 aliphatic rings. The van der Waals surface area contributed by atoms with E-state index in [2.05, 4.69) is 4.98 Å². The van der Waals surface area contributed by atoms with Crippen LogP contribution in [0.5, 0.6) is 0 Å². The lowest BCUT2D eigenvalue weighted by Gasteiger charge is -2.22. The first-order chi connectivity index (χ1) is 12.7. The average molecular weight is 373 g/mol. The average Bonchev–Trinajstić information content (AvgIpc) is 3.08. The van der Waals surface area contributed by atoms with Crippen LogP contribution in [0.25, 0.3) is 11.2 Å². The number of rotatable bonds is 4. The molecule has 0 saturated heterocycles. The molecule has 0 N–H and O–H groups in total. The van der Waals surface area contributed by atoms with Gasteiger partial charge < -0.3 is 9.47 Å². The van der Waals surface area contributed by atoms with Crippen LogP contribution in [-0.4, -0.2) is 36.5 Å². The molecule has 0 aliphatic carbocycles. The topological polar surface area (TPSA) is 82.1 Å². The number of carbonyl (C=O) groups excluding carboxylic acids is 1. The molecule has 0 radical (unpaired) electrons. The minimum atomic E-state index is -0.723. The summed E-state index contributed by atoms with van der Waals surface area (Å²) in [5, 5.41) is 0. The van der Waals surface area contributed by atoms with Crippen LogP contribution >= 0.6 is 0 Å². The zero-order valence-electron chi connectivity index (χ0n) is 15.5. The Morgan fingerprint density at radius 1 is 1.26 bits per heavy atom. The zero-order valence-corrected chi connectivity index (χ0v) is 15.5. The summed E-state index contributed by atoms with van der Waals surface area (Å²) in [5.41, 5.74) is 0.0555. The molecule has 9 heteroatoms. The van der Waals surface area contributed by atoms with E-state index in [0.717, 1.165) is 4.57 Å². The Morgan fingerprint density at radius 3 is 2.63 bits per heavy atom. The van der Waals surface area contributed by atoms with Crippen molar-refractivity contribution in [2.75, 3.05) is 7.05 Å². The molecule has 0 bridgehead atoms. The summed E-state index contributed by atoms with van der Waals surface area (Å²) in [4.78, 5) is 43.0. The van der Waals surface area contributed by atoms with Gasteiger partial charge in [-0.2, -0.15) is 0 Å². The van der Waals surface area contributed by atoms with Crippen LogP contribution in [0.4, 0.5) is 4.39 Å². The molecule has 3 aromatic rings. The normalized spacial score (nSPS) is 12.3. The van der Waals surface area contributed by atoms with Crippen LogP contribution in [0.3, 0.4) is 0 Å². The van der Waals surface area contributed by atoms with Crippen molar-refractivity contribution in [3.63, 3.8) is 0 Å². The number of hydrogen-bond acceptors (Lipinski definition) is 4. The van der Waals surface area contributed by atoms with Gasteiger partial charge in [0.05, 0.1) is 6.33 Å². The zero-order chi connectivity index (χ0) is 19.9. The van der Waals surface area contributed by atoms with Gasteiger partial charge in [-0.3, -0.25) is 18.7 Å². The van der Waals surface area contributed by atoms with Crippen molar-refractivity contribution in [1.82, 2.24) is 23.6 Å². The standard InChI is InChI=1S/C18H20FN5O3/c1-11(16(25)21(2)9-12-6-5-7-13(19)8-12)24-10-20-15-14(24)17(26)23(4)18(27)22(15)3/h5-8,10-11H,9H2,1-4H3/t11-/m1/s1. The molecule has 0 spiro atoms. The summed E-state index contributed by atoms with van der Waals surface area (Å²) in [6, 6.07) is 5.30. The molecule has 3 rings (SSSR count). The van der Waals surface area contributed by atoms with Crippen LogP contribution in [-0.2, 0) is 25.4 Å². The monoisotopic (exact) mass is 373 g/mol. The number of aryl methyl sites for hydroxylation is 1. The molecule has 2 heterocycles. The molecule has 0 unspecified atom stereocenters. The summed E-state index contributed by atoms with van der Waals surface area (Å²) in [5.74, 6) is -0.638. The number of halogens is 1. The van der Waals surface area contributed by atoms with Crippen molar-refractivity contribution in [2.45, 2.75) is 19.5 Å². The maximum Gasteiger partial charge on any atom is 0.332 e. The second-order valence-corrected chi connectivity index (χ2v) is 6.53. The van der Waals surface area contributed by atoms with Crippen LogP contribution in [0, 0.1) is 5.82 Å². The van der Waals surface area contributed by atoms with Gasteiger partial charge in [0.15, 0.2) is 11.2 Å². The van der Waals surface area contributed by atoms with Crippen LogP contribution in [0.15, 0.2) is 40.2 Å². The van der Waals surface area contributed by atoms with E-state index < -0.39 is 17.3 Å². The predicted molar refractivity (Wildman–Crippen MR) is 97.8 cm³/mol. The van der Waals surface area contributed by atoms with Crippen molar-refractivity contribution in [3.05, 3.63) is 62.8 Å². The third kappa shape index (κ3) is 3.16. The second-order valence-electron chi connectivity index (χ2n) is 6.53. The molecule has 1 atom stereocenters. The lowest BCUT2D eigenvalue weighted by Crippen LogP contribution is -2.38. The highest BCUT2D eigenvalue weighted by Gasteiger charge is 2.24. The largest absolute Gasteiger partial charge is 0.340 e. The van der Waals surface area contributed by atoms with E-state index in [1.54, 1.807) is 26.1 Å². The predicted octanol–water partition coefficient (Wildman–Crippen LogP) is 0.792. The highest BCUT2D eigenvalue weighted by atomic mass is 19.1. The summed E-state index contributed by atoms with van der Waals surface area (Å²) < 4.78 is 17.1. The molecule has 1 aromatic carbocycles. The molecule has 0 saturated carbocycles. The molecule has 1 amide bonds. The Hall–Kier alpha value is -3.23. The third-order valence-electron chi connectivity index (χ3n) is 4.63. The van der Waals surface area contributed by atoms with E-state index in [4.69, 9.17) is 0 Å². The number of nitrogens with zero attached hydrogens (tertiary/aromatic N) is 5. The van der Waals surface area contributed by atoms with E-state index in [1.165, 1.54) is 46.6 Å². The summed E-state index contributed by atoms with van der Waals surface area (Å²) in [6.45, 7) is 1.88. The summed E-state index contributed by atoms with van der Waals surface area (Å²) >= 11 is 0. The number of carbonyl (C=O) groups is 1. The summed E-state index contributed by atoms with van der Waals surface area (Å²) in [6.07, 6.45) is 1.38. The fourth-order valence-electron chi connectivity index (χ4n) is 3.08. The smallest absolute Gasteiger partial charge is 0.332 e. The first kappa shape index (κ1) is 18.6. The van der Waals surface area contributed by atoms with Gasteiger partial charge in [-0.1, -0.05) is 12.1 Å². The third-order valence-corrected chi connectivity index (χ3v) is 4.63. The van der Waals surface area contributed by atoms with Gasteiger partial charge in [-0.05, 0) is 24.6 Å². The minimum Gasteiger partial charge on any atom is -0.340 e. The van der Waals surface area contributed by atoms with Gasteiger partial charge >= 0.3 is 5.69 Å².